The zero-order valence-electron chi connectivity index (χ0n) is 15.9. The average Bonchev–Trinajstić information content (AvgIpc) is 2.70. The van der Waals surface area contributed by atoms with Crippen molar-refractivity contribution < 1.29 is 39.3 Å². The van der Waals surface area contributed by atoms with Crippen LogP contribution in [0.15, 0.2) is 30.3 Å². The molecule has 0 aliphatic carbocycles. The molecule has 0 heterocycles. The van der Waals surface area contributed by atoms with Gasteiger partial charge in [-0.2, -0.15) is 0 Å². The molecule has 8 N–H and O–H groups in total. The summed E-state index contributed by atoms with van der Waals surface area (Å²) in [6, 6.07) is 4.21. The third kappa shape index (κ3) is 8.24. The molecule has 3 amide bonds. The lowest BCUT2D eigenvalue weighted by molar-refractivity contribution is -0.147. The Hall–Kier alpha value is -3.51. The van der Waals surface area contributed by atoms with Crippen LogP contribution in [0.2, 0.25) is 0 Å². The van der Waals surface area contributed by atoms with Crippen LogP contribution in [0.25, 0.3) is 0 Å². The molecule has 12 nitrogen and oxygen atoms in total. The first-order valence-electron chi connectivity index (χ1n) is 8.87. The first-order chi connectivity index (χ1) is 14.2. The van der Waals surface area contributed by atoms with Crippen molar-refractivity contribution in [1.82, 2.24) is 16.0 Å². The van der Waals surface area contributed by atoms with E-state index < -0.39 is 60.8 Å². The Balaban J connectivity index is 2.89. The van der Waals surface area contributed by atoms with Crippen LogP contribution in [0, 0.1) is 0 Å². The number of aliphatic hydroxyl groups excluding tert-OH is 1. The van der Waals surface area contributed by atoms with Gasteiger partial charge in [0.2, 0.25) is 17.7 Å². The van der Waals surface area contributed by atoms with Crippen LogP contribution in [0.5, 0.6) is 0 Å². The van der Waals surface area contributed by atoms with Gasteiger partial charge < -0.3 is 37.0 Å². The third-order valence-corrected chi connectivity index (χ3v) is 3.93. The molecule has 0 aliphatic heterocycles. The van der Waals surface area contributed by atoms with Crippen LogP contribution in [-0.4, -0.2) is 76.3 Å². The van der Waals surface area contributed by atoms with Gasteiger partial charge in [0, 0.05) is 6.42 Å². The number of hydrogen-bond acceptors (Lipinski definition) is 7. The van der Waals surface area contributed by atoms with Crippen molar-refractivity contribution >= 4 is 29.7 Å². The van der Waals surface area contributed by atoms with Gasteiger partial charge in [-0.3, -0.25) is 19.2 Å². The first kappa shape index (κ1) is 24.5. The Morgan fingerprint density at radius 3 is 1.93 bits per heavy atom. The summed E-state index contributed by atoms with van der Waals surface area (Å²) in [4.78, 5) is 58.3. The normalized spacial score (nSPS) is 13.4. The van der Waals surface area contributed by atoms with Crippen LogP contribution < -0.4 is 21.7 Å². The highest BCUT2D eigenvalue weighted by Crippen LogP contribution is 2.04. The van der Waals surface area contributed by atoms with Crippen molar-refractivity contribution in [2.45, 2.75) is 31.0 Å². The van der Waals surface area contributed by atoms with Crippen molar-refractivity contribution in [3.8, 4) is 0 Å². The van der Waals surface area contributed by atoms with Crippen LogP contribution in [-0.2, 0) is 30.4 Å². The molecule has 0 spiro atoms. The van der Waals surface area contributed by atoms with Gasteiger partial charge in [0.25, 0.3) is 0 Å². The fourth-order valence-electron chi connectivity index (χ4n) is 2.43. The van der Waals surface area contributed by atoms with Gasteiger partial charge in [0.05, 0.1) is 19.6 Å². The predicted molar refractivity (Wildman–Crippen MR) is 102 cm³/mol. The average molecular weight is 424 g/mol. The number of carboxylic acids is 2. The molecule has 1 aromatic carbocycles. The number of nitrogens with one attached hydrogen (secondary N) is 3. The van der Waals surface area contributed by atoms with Gasteiger partial charge in [-0.05, 0) is 5.56 Å². The highest BCUT2D eigenvalue weighted by Gasteiger charge is 2.30. The Morgan fingerprint density at radius 2 is 1.43 bits per heavy atom. The molecule has 0 bridgehead atoms. The molecule has 3 atom stereocenters. The smallest absolute Gasteiger partial charge is 0.326 e. The molecule has 0 fully saturated rings. The predicted octanol–water partition coefficient (Wildman–Crippen LogP) is -2.81. The van der Waals surface area contributed by atoms with Gasteiger partial charge in [-0.25, -0.2) is 4.79 Å². The summed E-state index contributed by atoms with van der Waals surface area (Å²) in [5.74, 6) is -5.59. The van der Waals surface area contributed by atoms with E-state index >= 15 is 0 Å². The molecule has 12 heteroatoms. The second-order valence-electron chi connectivity index (χ2n) is 6.25. The highest BCUT2D eigenvalue weighted by atomic mass is 16.4. The molecule has 1 rings (SSSR count). The van der Waals surface area contributed by atoms with E-state index in [1.54, 1.807) is 30.3 Å². The number of benzene rings is 1. The molecule has 0 saturated heterocycles. The maximum absolute atomic E-state index is 12.6. The second kappa shape index (κ2) is 12.1. The lowest BCUT2D eigenvalue weighted by Crippen LogP contribution is -2.58. The monoisotopic (exact) mass is 424 g/mol. The van der Waals surface area contributed by atoms with E-state index in [9.17, 15) is 29.1 Å². The second-order valence-corrected chi connectivity index (χ2v) is 6.25. The maximum atomic E-state index is 12.6. The topological polar surface area (TPSA) is 208 Å². The molecule has 30 heavy (non-hydrogen) atoms. The van der Waals surface area contributed by atoms with E-state index in [4.69, 9.17) is 15.9 Å². The summed E-state index contributed by atoms with van der Waals surface area (Å²) < 4.78 is 0. The van der Waals surface area contributed by atoms with Crippen molar-refractivity contribution in [1.29, 1.82) is 0 Å². The summed E-state index contributed by atoms with van der Waals surface area (Å²) in [5.41, 5.74) is 5.96. The number of carbonyl (C=O) groups excluding carboxylic acids is 3. The minimum absolute atomic E-state index is 0.0644. The SMILES string of the molecule is NCC(=O)NC(Cc1ccccc1)C(=O)NC(CO)C(=O)NC(CC(=O)O)C(=O)O. The Bertz CT molecular complexity index is 771. The molecule has 0 saturated carbocycles. The van der Waals surface area contributed by atoms with Gasteiger partial charge in [-0.1, -0.05) is 30.3 Å². The molecular formula is C18H24N4O8. The molecule has 0 radical (unpaired) electrons. The Kier molecular flexibility index (Phi) is 9.92. The zero-order chi connectivity index (χ0) is 22.7. The van der Waals surface area contributed by atoms with Crippen LogP contribution in [0.1, 0.15) is 12.0 Å². The number of nitrogens with two attached hydrogens (primary N) is 1. The number of amides is 3. The molecule has 0 aliphatic rings. The summed E-state index contributed by atoms with van der Waals surface area (Å²) >= 11 is 0. The van der Waals surface area contributed by atoms with Crippen molar-refractivity contribution in [3.05, 3.63) is 35.9 Å². The van der Waals surface area contributed by atoms with Crippen molar-refractivity contribution in [3.63, 3.8) is 0 Å². The Labute approximate surface area is 171 Å². The number of rotatable bonds is 12. The van der Waals surface area contributed by atoms with Gasteiger partial charge in [0.1, 0.15) is 18.1 Å². The summed E-state index contributed by atoms with van der Waals surface area (Å²) in [6.07, 6.45) is -0.828. The molecule has 1 aromatic rings. The molecule has 0 aromatic heterocycles. The molecular weight excluding hydrogens is 400 g/mol. The fourth-order valence-corrected chi connectivity index (χ4v) is 2.43. The lowest BCUT2D eigenvalue weighted by Gasteiger charge is -2.23. The van der Waals surface area contributed by atoms with Gasteiger partial charge in [-0.15, -0.1) is 0 Å². The van der Waals surface area contributed by atoms with Gasteiger partial charge in [0.15, 0.2) is 0 Å². The summed E-state index contributed by atoms with van der Waals surface area (Å²) in [6.45, 7) is -1.27. The number of carbonyl (C=O) groups is 5. The standard InChI is InChI=1S/C18H24N4O8/c19-8-14(24)20-11(6-10-4-2-1-3-5-10)16(27)22-13(9-23)17(28)21-12(18(29)30)7-15(25)26/h1-5,11-13,23H,6-9,19H2,(H,20,24)(H,21,28)(H,22,27)(H,25,26)(H,29,30). The maximum Gasteiger partial charge on any atom is 0.326 e. The number of carboxylic acid groups (broad SMARTS) is 2. The largest absolute Gasteiger partial charge is 0.481 e. The quantitative estimate of drug-likeness (QED) is 0.184. The minimum Gasteiger partial charge on any atom is -0.481 e. The van der Waals surface area contributed by atoms with Crippen LogP contribution >= 0.6 is 0 Å². The lowest BCUT2D eigenvalue weighted by atomic mass is 10.0. The minimum atomic E-state index is -1.75. The van der Waals surface area contributed by atoms with E-state index in [2.05, 4.69) is 10.6 Å². The zero-order valence-corrected chi connectivity index (χ0v) is 15.9. The molecule has 3 unspecified atom stereocenters. The van der Waals surface area contributed by atoms with Crippen LogP contribution in [0.4, 0.5) is 0 Å². The van der Waals surface area contributed by atoms with E-state index in [1.165, 1.54) is 0 Å². The summed E-state index contributed by atoms with van der Waals surface area (Å²) in [7, 11) is 0. The number of hydrogen-bond donors (Lipinski definition) is 7. The van der Waals surface area contributed by atoms with E-state index in [1.807, 2.05) is 5.32 Å². The number of aliphatic carboxylic acids is 2. The van der Waals surface area contributed by atoms with Gasteiger partial charge >= 0.3 is 11.9 Å². The summed E-state index contributed by atoms with van der Waals surface area (Å²) in [5, 5.41) is 33.7. The fraction of sp³-hybridized carbons (Fsp3) is 0.389. The van der Waals surface area contributed by atoms with Crippen LogP contribution in [0.3, 0.4) is 0 Å². The van der Waals surface area contributed by atoms with E-state index in [0.717, 1.165) is 0 Å². The van der Waals surface area contributed by atoms with Crippen molar-refractivity contribution in [2.24, 2.45) is 5.73 Å². The van der Waals surface area contributed by atoms with E-state index in [-0.39, 0.29) is 13.0 Å². The molecule has 164 valence electrons. The van der Waals surface area contributed by atoms with E-state index in [0.29, 0.717) is 5.56 Å². The third-order valence-electron chi connectivity index (χ3n) is 3.93. The number of aliphatic hydroxyl groups is 1. The first-order valence-corrected chi connectivity index (χ1v) is 8.87. The Morgan fingerprint density at radius 1 is 0.867 bits per heavy atom. The highest BCUT2D eigenvalue weighted by molar-refractivity contribution is 5.94. The van der Waals surface area contributed by atoms with Crippen molar-refractivity contribution in [2.75, 3.05) is 13.2 Å².